The number of rotatable bonds is 2. The van der Waals surface area contributed by atoms with Gasteiger partial charge in [0.15, 0.2) is 0 Å². The molecule has 0 radical (unpaired) electrons. The average Bonchev–Trinajstić information content (AvgIpc) is 3.02. The van der Waals surface area contributed by atoms with Gasteiger partial charge in [-0.3, -0.25) is 4.79 Å². The summed E-state index contributed by atoms with van der Waals surface area (Å²) in [5.41, 5.74) is -0.416. The number of hydrogen-bond acceptors (Lipinski definition) is 3. The van der Waals surface area contributed by atoms with E-state index >= 15 is 0 Å². The molecule has 0 bridgehead atoms. The summed E-state index contributed by atoms with van der Waals surface area (Å²) in [6, 6.07) is 3.66. The number of aromatic nitrogens is 1. The summed E-state index contributed by atoms with van der Waals surface area (Å²) >= 11 is 9.02. The first-order chi connectivity index (χ1) is 7.56. The molecule has 0 spiro atoms. The fourth-order valence-corrected chi connectivity index (χ4v) is 1.78. The number of halogens is 2. The van der Waals surface area contributed by atoms with Crippen molar-refractivity contribution in [3.63, 3.8) is 0 Å². The van der Waals surface area contributed by atoms with Crippen LogP contribution in [0.4, 0.5) is 0 Å². The van der Waals surface area contributed by atoms with Crippen molar-refractivity contribution in [2.45, 2.75) is 18.4 Å². The molecule has 1 amide bonds. The molecule has 0 saturated heterocycles. The monoisotopic (exact) mass is 299 g/mol. The molecule has 1 aliphatic carbocycles. The molecule has 0 aliphatic heterocycles. The van der Waals surface area contributed by atoms with Gasteiger partial charge in [-0.2, -0.15) is 5.26 Å². The third kappa shape index (κ3) is 2.18. The number of nitrogens with one attached hydrogen (secondary N) is 1. The summed E-state index contributed by atoms with van der Waals surface area (Å²) in [5.74, 6) is -0.363. The van der Waals surface area contributed by atoms with Gasteiger partial charge in [0, 0.05) is 10.7 Å². The Labute approximate surface area is 106 Å². The summed E-state index contributed by atoms with van der Waals surface area (Å²) in [7, 11) is 0. The highest BCUT2D eigenvalue weighted by molar-refractivity contribution is 9.10. The first-order valence-corrected chi connectivity index (χ1v) is 5.78. The van der Waals surface area contributed by atoms with Crippen LogP contribution in [0.5, 0.6) is 0 Å². The molecule has 1 aromatic rings. The second-order valence-electron chi connectivity index (χ2n) is 3.64. The van der Waals surface area contributed by atoms with Crippen molar-refractivity contribution >= 4 is 33.4 Å². The van der Waals surface area contributed by atoms with Crippen molar-refractivity contribution in [3.05, 3.63) is 27.5 Å². The van der Waals surface area contributed by atoms with E-state index in [2.05, 4.69) is 32.3 Å². The van der Waals surface area contributed by atoms with Gasteiger partial charge >= 0.3 is 0 Å². The van der Waals surface area contributed by atoms with Gasteiger partial charge in [0.05, 0.1) is 11.6 Å². The van der Waals surface area contributed by atoms with Crippen LogP contribution in [0.15, 0.2) is 16.7 Å². The molecule has 1 heterocycles. The minimum atomic E-state index is -0.692. The summed E-state index contributed by atoms with van der Waals surface area (Å²) in [6.07, 6.45) is 2.89. The summed E-state index contributed by atoms with van der Waals surface area (Å²) in [6.45, 7) is 0. The third-order valence-electron chi connectivity index (χ3n) is 2.37. The maximum Gasteiger partial charge on any atom is 0.255 e. The zero-order valence-electron chi connectivity index (χ0n) is 8.13. The molecule has 1 N–H and O–H groups in total. The molecule has 16 heavy (non-hydrogen) atoms. The van der Waals surface area contributed by atoms with Crippen molar-refractivity contribution in [1.82, 2.24) is 10.3 Å². The second kappa shape index (κ2) is 4.04. The molecule has 1 aliphatic rings. The van der Waals surface area contributed by atoms with Gasteiger partial charge in [-0.1, -0.05) is 11.6 Å². The van der Waals surface area contributed by atoms with E-state index in [1.807, 2.05) is 0 Å². The Hall–Kier alpha value is -1.12. The van der Waals surface area contributed by atoms with Crippen LogP contribution in [0.3, 0.4) is 0 Å². The Morgan fingerprint density at radius 2 is 2.38 bits per heavy atom. The van der Waals surface area contributed by atoms with E-state index in [0.29, 0.717) is 17.3 Å². The van der Waals surface area contributed by atoms with Gasteiger partial charge in [0.1, 0.15) is 10.7 Å². The van der Waals surface area contributed by atoms with Crippen LogP contribution in [0.2, 0.25) is 5.15 Å². The molecule has 6 heteroatoms. The first kappa shape index (κ1) is 11.4. The zero-order chi connectivity index (χ0) is 11.8. The van der Waals surface area contributed by atoms with Crippen LogP contribution in [0.25, 0.3) is 0 Å². The molecular weight excluding hydrogens is 293 g/mol. The van der Waals surface area contributed by atoms with E-state index in [-0.39, 0.29) is 16.6 Å². The second-order valence-corrected chi connectivity index (χ2v) is 4.91. The van der Waals surface area contributed by atoms with Crippen LogP contribution in [-0.4, -0.2) is 16.4 Å². The van der Waals surface area contributed by atoms with Gasteiger partial charge in [0.2, 0.25) is 0 Å². The summed E-state index contributed by atoms with van der Waals surface area (Å²) in [4.78, 5) is 15.7. The average molecular weight is 301 g/mol. The van der Waals surface area contributed by atoms with Crippen molar-refractivity contribution in [1.29, 1.82) is 5.26 Å². The number of hydrogen-bond donors (Lipinski definition) is 1. The van der Waals surface area contributed by atoms with Gasteiger partial charge in [0.25, 0.3) is 5.91 Å². The maximum atomic E-state index is 11.8. The van der Waals surface area contributed by atoms with Crippen LogP contribution in [-0.2, 0) is 0 Å². The Morgan fingerprint density at radius 1 is 1.69 bits per heavy atom. The van der Waals surface area contributed by atoms with E-state index in [1.165, 1.54) is 6.20 Å². The molecule has 4 nitrogen and oxygen atoms in total. The van der Waals surface area contributed by atoms with Gasteiger partial charge in [-0.15, -0.1) is 0 Å². The van der Waals surface area contributed by atoms with Crippen LogP contribution < -0.4 is 5.32 Å². The van der Waals surface area contributed by atoms with Gasteiger partial charge in [-0.25, -0.2) is 4.98 Å². The smallest absolute Gasteiger partial charge is 0.255 e. The SMILES string of the molecule is N#CC1(NC(=O)c2cc(Br)cnc2Cl)CC1. The standard InChI is InChI=1S/C10H7BrClN3O/c11-6-3-7(8(12)14-4-6)9(16)15-10(5-13)1-2-10/h3-4H,1-2H2,(H,15,16). The number of amides is 1. The molecule has 82 valence electrons. The lowest BCUT2D eigenvalue weighted by atomic mass is 10.2. The molecule has 1 fully saturated rings. The van der Waals surface area contributed by atoms with Crippen LogP contribution >= 0.6 is 27.5 Å². The van der Waals surface area contributed by atoms with Crippen molar-refractivity contribution < 1.29 is 4.79 Å². The lowest BCUT2D eigenvalue weighted by Gasteiger charge is -2.09. The van der Waals surface area contributed by atoms with Crippen molar-refractivity contribution in [2.75, 3.05) is 0 Å². The molecule has 0 atom stereocenters. The fourth-order valence-electron chi connectivity index (χ4n) is 1.26. The minimum Gasteiger partial charge on any atom is -0.334 e. The number of pyridine rings is 1. The minimum absolute atomic E-state index is 0.134. The molecule has 1 saturated carbocycles. The number of nitriles is 1. The van der Waals surface area contributed by atoms with E-state index in [4.69, 9.17) is 16.9 Å². The van der Waals surface area contributed by atoms with Gasteiger partial charge < -0.3 is 5.32 Å². The number of carbonyl (C=O) groups excluding carboxylic acids is 1. The Morgan fingerprint density at radius 3 is 2.94 bits per heavy atom. The summed E-state index contributed by atoms with van der Waals surface area (Å²) < 4.78 is 0.670. The summed E-state index contributed by atoms with van der Waals surface area (Å²) in [5, 5.41) is 11.6. The number of carbonyl (C=O) groups is 1. The molecular formula is C10H7BrClN3O. The van der Waals surface area contributed by atoms with Crippen molar-refractivity contribution in [2.24, 2.45) is 0 Å². The Kier molecular flexibility index (Phi) is 2.87. The third-order valence-corrected chi connectivity index (χ3v) is 3.10. The maximum absolute atomic E-state index is 11.8. The highest BCUT2D eigenvalue weighted by Gasteiger charge is 2.45. The molecule has 0 unspecified atom stereocenters. The van der Waals surface area contributed by atoms with Crippen LogP contribution in [0, 0.1) is 11.3 Å². The topological polar surface area (TPSA) is 65.8 Å². The van der Waals surface area contributed by atoms with E-state index < -0.39 is 5.54 Å². The van der Waals surface area contributed by atoms with E-state index in [1.54, 1.807) is 6.07 Å². The van der Waals surface area contributed by atoms with Crippen molar-refractivity contribution in [3.8, 4) is 6.07 Å². The first-order valence-electron chi connectivity index (χ1n) is 4.61. The van der Waals surface area contributed by atoms with Gasteiger partial charge in [-0.05, 0) is 34.8 Å². The largest absolute Gasteiger partial charge is 0.334 e. The highest BCUT2D eigenvalue weighted by atomic mass is 79.9. The fraction of sp³-hybridized carbons (Fsp3) is 0.300. The normalized spacial score (nSPS) is 16.3. The predicted octanol–water partition coefficient (Wildman–Crippen LogP) is 2.28. The lowest BCUT2D eigenvalue weighted by molar-refractivity contribution is 0.0941. The highest BCUT2D eigenvalue weighted by Crippen LogP contribution is 2.34. The molecule has 0 aromatic carbocycles. The van der Waals surface area contributed by atoms with E-state index in [0.717, 1.165) is 0 Å². The number of nitrogens with zero attached hydrogens (tertiary/aromatic N) is 2. The quantitative estimate of drug-likeness (QED) is 0.852. The Bertz CT molecular complexity index is 493. The predicted molar refractivity (Wildman–Crippen MR) is 62.0 cm³/mol. The molecule has 1 aromatic heterocycles. The lowest BCUT2D eigenvalue weighted by Crippen LogP contribution is -2.35. The van der Waals surface area contributed by atoms with Crippen LogP contribution in [0.1, 0.15) is 23.2 Å². The molecule has 2 rings (SSSR count). The van der Waals surface area contributed by atoms with E-state index in [9.17, 15) is 4.79 Å². The zero-order valence-corrected chi connectivity index (χ0v) is 10.5. The Balaban J connectivity index is 2.22.